The van der Waals surface area contributed by atoms with E-state index in [0.717, 1.165) is 30.6 Å². The average molecular weight is 284 g/mol. The predicted molar refractivity (Wildman–Crippen MR) is 81.9 cm³/mol. The van der Waals surface area contributed by atoms with Crippen molar-refractivity contribution in [1.82, 2.24) is 15.1 Å². The van der Waals surface area contributed by atoms with Gasteiger partial charge in [-0.15, -0.1) is 0 Å². The number of carbonyl (C=O) groups excluding carboxylic acids is 1. The predicted octanol–water partition coefficient (Wildman–Crippen LogP) is 2.12. The number of nitrogens with one attached hydrogen (secondary N) is 1. The zero-order valence-electron chi connectivity index (χ0n) is 12.4. The number of aromatic nitrogens is 2. The number of carbonyl (C=O) groups is 1. The van der Waals surface area contributed by atoms with E-state index < -0.39 is 0 Å². The van der Waals surface area contributed by atoms with Gasteiger partial charge in [-0.3, -0.25) is 9.48 Å². The number of benzene rings is 1. The summed E-state index contributed by atoms with van der Waals surface area (Å²) in [6.45, 7) is 1.93. The van der Waals surface area contributed by atoms with E-state index in [1.54, 1.807) is 4.68 Å². The molecule has 5 nitrogen and oxygen atoms in total. The van der Waals surface area contributed by atoms with Crippen LogP contribution < -0.4 is 11.1 Å². The van der Waals surface area contributed by atoms with Crippen LogP contribution in [-0.2, 0) is 13.5 Å². The minimum Gasteiger partial charge on any atom is -0.399 e. The Morgan fingerprint density at radius 1 is 1.43 bits per heavy atom. The van der Waals surface area contributed by atoms with E-state index in [2.05, 4.69) is 10.4 Å². The van der Waals surface area contributed by atoms with Gasteiger partial charge in [-0.1, -0.05) is 6.07 Å². The second-order valence-corrected chi connectivity index (χ2v) is 5.67. The van der Waals surface area contributed by atoms with Crippen LogP contribution in [0.3, 0.4) is 0 Å². The third-order valence-electron chi connectivity index (χ3n) is 4.13. The van der Waals surface area contributed by atoms with Crippen LogP contribution in [0.2, 0.25) is 0 Å². The van der Waals surface area contributed by atoms with Gasteiger partial charge in [-0.2, -0.15) is 5.10 Å². The summed E-state index contributed by atoms with van der Waals surface area (Å²) >= 11 is 0. The lowest BCUT2D eigenvalue weighted by atomic mass is 9.87. The molecule has 5 heteroatoms. The van der Waals surface area contributed by atoms with Gasteiger partial charge in [0.15, 0.2) is 0 Å². The molecule has 0 saturated heterocycles. The molecule has 1 aliphatic rings. The first-order valence-corrected chi connectivity index (χ1v) is 7.24. The number of hydrogen-bond acceptors (Lipinski definition) is 3. The summed E-state index contributed by atoms with van der Waals surface area (Å²) in [5.74, 6) is -0.117. The molecule has 1 atom stereocenters. The van der Waals surface area contributed by atoms with E-state index in [9.17, 15) is 4.79 Å². The van der Waals surface area contributed by atoms with Crippen LogP contribution in [0.4, 0.5) is 5.69 Å². The van der Waals surface area contributed by atoms with Gasteiger partial charge < -0.3 is 11.1 Å². The smallest absolute Gasteiger partial charge is 0.272 e. The maximum absolute atomic E-state index is 12.3. The summed E-state index contributed by atoms with van der Waals surface area (Å²) in [4.78, 5) is 12.3. The molecule has 3 N–H and O–H groups in total. The third kappa shape index (κ3) is 2.63. The fraction of sp³-hybridized carbons (Fsp3) is 0.375. The van der Waals surface area contributed by atoms with Crippen LogP contribution >= 0.6 is 0 Å². The largest absolute Gasteiger partial charge is 0.399 e. The molecule has 0 spiro atoms. The van der Waals surface area contributed by atoms with Gasteiger partial charge in [0.05, 0.1) is 6.04 Å². The summed E-state index contributed by atoms with van der Waals surface area (Å²) in [7, 11) is 1.84. The lowest BCUT2D eigenvalue weighted by Crippen LogP contribution is -2.31. The fourth-order valence-electron chi connectivity index (χ4n) is 2.89. The van der Waals surface area contributed by atoms with Gasteiger partial charge in [-0.25, -0.2) is 0 Å². The Balaban J connectivity index is 1.81. The Morgan fingerprint density at radius 2 is 2.24 bits per heavy atom. The maximum atomic E-state index is 12.3. The highest BCUT2D eigenvalue weighted by atomic mass is 16.2. The normalized spacial score (nSPS) is 17.3. The van der Waals surface area contributed by atoms with Crippen LogP contribution in [0.25, 0.3) is 0 Å². The van der Waals surface area contributed by atoms with Crippen LogP contribution in [0, 0.1) is 6.92 Å². The minimum atomic E-state index is -0.117. The number of amides is 1. The molecule has 21 heavy (non-hydrogen) atoms. The Hall–Kier alpha value is -2.30. The molecule has 2 aromatic rings. The lowest BCUT2D eigenvalue weighted by molar-refractivity contribution is 0.0927. The van der Waals surface area contributed by atoms with Gasteiger partial charge in [-0.05, 0) is 55.5 Å². The first-order valence-electron chi connectivity index (χ1n) is 7.24. The van der Waals surface area contributed by atoms with Crippen molar-refractivity contribution in [2.75, 3.05) is 5.73 Å². The minimum absolute atomic E-state index is 0.0455. The number of anilines is 1. The first kappa shape index (κ1) is 13.7. The van der Waals surface area contributed by atoms with Crippen LogP contribution in [0.1, 0.15) is 46.2 Å². The van der Waals surface area contributed by atoms with Gasteiger partial charge in [0, 0.05) is 18.4 Å². The first-order chi connectivity index (χ1) is 10.0. The maximum Gasteiger partial charge on any atom is 0.272 e. The molecule has 0 aliphatic heterocycles. The molecule has 1 unspecified atom stereocenters. The fourth-order valence-corrected chi connectivity index (χ4v) is 2.89. The highest BCUT2D eigenvalue weighted by molar-refractivity contribution is 5.92. The van der Waals surface area contributed by atoms with Crippen molar-refractivity contribution in [3.63, 3.8) is 0 Å². The number of nitrogen functional groups attached to an aromatic ring is 1. The topological polar surface area (TPSA) is 72.9 Å². The highest BCUT2D eigenvalue weighted by Gasteiger charge is 2.23. The van der Waals surface area contributed by atoms with Gasteiger partial charge in [0.2, 0.25) is 0 Å². The van der Waals surface area contributed by atoms with Crippen molar-refractivity contribution in [3.05, 3.63) is 46.8 Å². The number of rotatable bonds is 2. The molecule has 0 radical (unpaired) electrons. The Morgan fingerprint density at radius 3 is 2.95 bits per heavy atom. The molecule has 1 heterocycles. The molecule has 1 amide bonds. The lowest BCUT2D eigenvalue weighted by Gasteiger charge is -2.26. The van der Waals surface area contributed by atoms with Crippen LogP contribution in [0.5, 0.6) is 0 Å². The highest BCUT2D eigenvalue weighted by Crippen LogP contribution is 2.31. The molecule has 0 saturated carbocycles. The molecule has 1 aromatic carbocycles. The Bertz CT molecular complexity index is 670. The zero-order chi connectivity index (χ0) is 15.0. The van der Waals surface area contributed by atoms with Crippen molar-refractivity contribution < 1.29 is 4.79 Å². The van der Waals surface area contributed by atoms with E-state index in [4.69, 9.17) is 5.73 Å². The van der Waals surface area contributed by atoms with Gasteiger partial charge in [0.1, 0.15) is 5.69 Å². The Kier molecular flexibility index (Phi) is 3.41. The number of hydrogen-bond donors (Lipinski definition) is 2. The van der Waals surface area contributed by atoms with E-state index in [0.29, 0.717) is 5.69 Å². The second kappa shape index (κ2) is 5.24. The average Bonchev–Trinajstić information content (AvgIpc) is 2.79. The van der Waals surface area contributed by atoms with E-state index in [-0.39, 0.29) is 11.9 Å². The van der Waals surface area contributed by atoms with E-state index in [1.165, 1.54) is 11.1 Å². The molecular formula is C16H20N4O. The SMILES string of the molecule is Cc1cc(C(=O)NC2CCCc3cc(N)ccc32)nn1C. The summed E-state index contributed by atoms with van der Waals surface area (Å²) in [6.07, 6.45) is 3.03. The van der Waals surface area contributed by atoms with Crippen molar-refractivity contribution in [3.8, 4) is 0 Å². The Labute approximate surface area is 124 Å². The molecule has 1 aliphatic carbocycles. The van der Waals surface area contributed by atoms with E-state index >= 15 is 0 Å². The monoisotopic (exact) mass is 284 g/mol. The summed E-state index contributed by atoms with van der Waals surface area (Å²) in [6, 6.07) is 7.79. The van der Waals surface area contributed by atoms with Crippen molar-refractivity contribution >= 4 is 11.6 Å². The van der Waals surface area contributed by atoms with Gasteiger partial charge >= 0.3 is 0 Å². The molecule has 1 aromatic heterocycles. The number of nitrogens with zero attached hydrogens (tertiary/aromatic N) is 2. The number of aryl methyl sites for hydroxylation is 3. The van der Waals surface area contributed by atoms with E-state index in [1.807, 2.05) is 38.2 Å². The number of nitrogens with two attached hydrogens (primary N) is 1. The second-order valence-electron chi connectivity index (χ2n) is 5.67. The summed E-state index contributed by atoms with van der Waals surface area (Å²) < 4.78 is 1.71. The van der Waals surface area contributed by atoms with Crippen molar-refractivity contribution in [1.29, 1.82) is 0 Å². The third-order valence-corrected chi connectivity index (χ3v) is 4.13. The van der Waals surface area contributed by atoms with Crippen LogP contribution in [0.15, 0.2) is 24.3 Å². The molecule has 110 valence electrons. The zero-order valence-corrected chi connectivity index (χ0v) is 12.4. The molecular weight excluding hydrogens is 264 g/mol. The van der Waals surface area contributed by atoms with Crippen LogP contribution in [-0.4, -0.2) is 15.7 Å². The van der Waals surface area contributed by atoms with Crippen molar-refractivity contribution in [2.24, 2.45) is 7.05 Å². The summed E-state index contributed by atoms with van der Waals surface area (Å²) in [5, 5.41) is 7.33. The van der Waals surface area contributed by atoms with Gasteiger partial charge in [0.25, 0.3) is 5.91 Å². The standard InChI is InChI=1S/C16H20N4O/c1-10-8-15(19-20(10)2)16(21)18-14-5-3-4-11-9-12(17)6-7-13(11)14/h6-9,14H,3-5,17H2,1-2H3,(H,18,21). The summed E-state index contributed by atoms with van der Waals surface area (Å²) in [5.41, 5.74) is 10.5. The van der Waals surface area contributed by atoms with Crippen molar-refractivity contribution in [2.45, 2.75) is 32.2 Å². The quantitative estimate of drug-likeness (QED) is 0.830. The molecule has 3 rings (SSSR count). The molecule has 0 fully saturated rings. The molecule has 0 bridgehead atoms. The number of fused-ring (bicyclic) bond motifs is 1.